The standard InChI is InChI=1S/C12H15NO2/c1-7-5-10(14)12-9-4-3-8(13(9)2)6-11(12)15-7/h5,8-9H,3-4,6H2,1-2H3/t8-,9+/m0/s1. The second-order valence-electron chi connectivity index (χ2n) is 4.67. The molecule has 2 atom stereocenters. The lowest BCUT2D eigenvalue weighted by Gasteiger charge is -2.31. The van der Waals surface area contributed by atoms with Gasteiger partial charge in [0.25, 0.3) is 0 Å². The molecule has 0 amide bonds. The second-order valence-corrected chi connectivity index (χ2v) is 4.67. The zero-order valence-corrected chi connectivity index (χ0v) is 9.12. The van der Waals surface area contributed by atoms with Gasteiger partial charge in [-0.05, 0) is 26.8 Å². The van der Waals surface area contributed by atoms with E-state index in [9.17, 15) is 4.79 Å². The Kier molecular flexibility index (Phi) is 1.80. The van der Waals surface area contributed by atoms with E-state index in [0.29, 0.717) is 12.1 Å². The summed E-state index contributed by atoms with van der Waals surface area (Å²) in [7, 11) is 2.12. The van der Waals surface area contributed by atoms with Crippen molar-refractivity contribution in [3.63, 3.8) is 0 Å². The largest absolute Gasteiger partial charge is 0.466 e. The first-order valence-corrected chi connectivity index (χ1v) is 5.52. The molecule has 1 saturated heterocycles. The third-order valence-electron chi connectivity index (χ3n) is 3.78. The Hall–Kier alpha value is -1.09. The van der Waals surface area contributed by atoms with Crippen LogP contribution in [-0.2, 0) is 6.42 Å². The Morgan fingerprint density at radius 3 is 3.07 bits per heavy atom. The van der Waals surface area contributed by atoms with E-state index < -0.39 is 0 Å². The third-order valence-corrected chi connectivity index (χ3v) is 3.78. The molecule has 2 aliphatic rings. The minimum Gasteiger partial charge on any atom is -0.466 e. The van der Waals surface area contributed by atoms with Crippen LogP contribution in [0, 0.1) is 6.92 Å². The van der Waals surface area contributed by atoms with Gasteiger partial charge in [-0.1, -0.05) is 0 Å². The van der Waals surface area contributed by atoms with E-state index in [1.807, 2.05) is 6.92 Å². The van der Waals surface area contributed by atoms with Gasteiger partial charge in [0.05, 0.1) is 5.56 Å². The van der Waals surface area contributed by atoms with Crippen molar-refractivity contribution >= 4 is 0 Å². The van der Waals surface area contributed by atoms with Crippen molar-refractivity contribution in [1.82, 2.24) is 4.90 Å². The van der Waals surface area contributed by atoms with Crippen LogP contribution < -0.4 is 5.43 Å². The zero-order valence-electron chi connectivity index (χ0n) is 9.12. The maximum atomic E-state index is 11.9. The minimum absolute atomic E-state index is 0.158. The maximum Gasteiger partial charge on any atom is 0.190 e. The van der Waals surface area contributed by atoms with E-state index in [1.54, 1.807) is 6.07 Å². The summed E-state index contributed by atoms with van der Waals surface area (Å²) in [6, 6.07) is 2.49. The van der Waals surface area contributed by atoms with Crippen LogP contribution in [0.25, 0.3) is 0 Å². The molecule has 0 unspecified atom stereocenters. The van der Waals surface area contributed by atoms with Gasteiger partial charge in [-0.15, -0.1) is 0 Å². The average Bonchev–Trinajstić information content (AvgIpc) is 2.44. The number of hydrogen-bond donors (Lipinski definition) is 0. The first-order chi connectivity index (χ1) is 7.16. The molecular formula is C12H15NO2. The molecule has 0 spiro atoms. The number of fused-ring (bicyclic) bond motifs is 4. The summed E-state index contributed by atoms with van der Waals surface area (Å²) in [5, 5.41) is 0. The maximum absolute atomic E-state index is 11.9. The molecule has 3 heteroatoms. The van der Waals surface area contributed by atoms with Gasteiger partial charge < -0.3 is 4.42 Å². The molecule has 3 rings (SSSR count). The fourth-order valence-corrected chi connectivity index (χ4v) is 3.00. The van der Waals surface area contributed by atoms with E-state index in [2.05, 4.69) is 11.9 Å². The van der Waals surface area contributed by atoms with Gasteiger partial charge in [0.2, 0.25) is 0 Å². The molecule has 2 bridgehead atoms. The van der Waals surface area contributed by atoms with Crippen molar-refractivity contribution in [2.45, 2.75) is 38.3 Å². The smallest absolute Gasteiger partial charge is 0.190 e. The van der Waals surface area contributed by atoms with E-state index in [4.69, 9.17) is 4.42 Å². The summed E-state index contributed by atoms with van der Waals surface area (Å²) in [6.07, 6.45) is 3.19. The highest BCUT2D eigenvalue weighted by molar-refractivity contribution is 5.29. The highest BCUT2D eigenvalue weighted by Gasteiger charge is 2.40. The Morgan fingerprint density at radius 1 is 1.47 bits per heavy atom. The zero-order chi connectivity index (χ0) is 10.6. The molecule has 3 heterocycles. The monoisotopic (exact) mass is 205 g/mol. The van der Waals surface area contributed by atoms with Crippen molar-refractivity contribution in [1.29, 1.82) is 0 Å². The number of hydrogen-bond acceptors (Lipinski definition) is 3. The summed E-state index contributed by atoms with van der Waals surface area (Å²) in [5.41, 5.74) is 1.07. The van der Waals surface area contributed by atoms with E-state index >= 15 is 0 Å². The van der Waals surface area contributed by atoms with Gasteiger partial charge in [0, 0.05) is 24.6 Å². The molecule has 0 aliphatic carbocycles. The van der Waals surface area contributed by atoms with Crippen LogP contribution >= 0.6 is 0 Å². The van der Waals surface area contributed by atoms with Gasteiger partial charge in [-0.2, -0.15) is 0 Å². The predicted molar refractivity (Wildman–Crippen MR) is 56.9 cm³/mol. The van der Waals surface area contributed by atoms with E-state index in [0.717, 1.165) is 29.9 Å². The quantitative estimate of drug-likeness (QED) is 0.645. The van der Waals surface area contributed by atoms with Crippen LogP contribution in [0.3, 0.4) is 0 Å². The summed E-state index contributed by atoms with van der Waals surface area (Å²) >= 11 is 0. The molecule has 3 nitrogen and oxygen atoms in total. The van der Waals surface area contributed by atoms with Crippen molar-refractivity contribution in [2.24, 2.45) is 0 Å². The van der Waals surface area contributed by atoms with Gasteiger partial charge in [-0.25, -0.2) is 0 Å². The molecule has 0 radical (unpaired) electrons. The van der Waals surface area contributed by atoms with E-state index in [1.165, 1.54) is 6.42 Å². The van der Waals surface area contributed by atoms with Crippen LogP contribution in [0.15, 0.2) is 15.3 Å². The Morgan fingerprint density at radius 2 is 2.27 bits per heavy atom. The summed E-state index contributed by atoms with van der Waals surface area (Å²) in [5.74, 6) is 1.67. The van der Waals surface area contributed by atoms with Gasteiger partial charge in [0.1, 0.15) is 11.5 Å². The fourth-order valence-electron chi connectivity index (χ4n) is 3.00. The molecule has 0 aromatic carbocycles. The molecule has 1 aromatic heterocycles. The van der Waals surface area contributed by atoms with Crippen molar-refractivity contribution in [3.05, 3.63) is 33.4 Å². The summed E-state index contributed by atoms with van der Waals surface area (Å²) < 4.78 is 5.68. The molecule has 1 aromatic rings. The first-order valence-electron chi connectivity index (χ1n) is 5.52. The SMILES string of the molecule is Cc1cc(=O)c2c(o1)C[C@@H]1CC[C@H]2N1C. The lowest BCUT2D eigenvalue weighted by atomic mass is 9.99. The van der Waals surface area contributed by atoms with Crippen molar-refractivity contribution in [2.75, 3.05) is 7.05 Å². The first kappa shape index (κ1) is 9.16. The summed E-state index contributed by atoms with van der Waals surface area (Å²) in [6.45, 7) is 1.85. The van der Waals surface area contributed by atoms with Crippen molar-refractivity contribution < 1.29 is 4.42 Å². The molecule has 15 heavy (non-hydrogen) atoms. The van der Waals surface area contributed by atoms with Crippen LogP contribution in [0.5, 0.6) is 0 Å². The lowest BCUT2D eigenvalue weighted by molar-refractivity contribution is 0.203. The van der Waals surface area contributed by atoms with Gasteiger partial charge in [-0.3, -0.25) is 9.69 Å². The highest BCUT2D eigenvalue weighted by atomic mass is 16.3. The average molecular weight is 205 g/mol. The molecule has 1 fully saturated rings. The van der Waals surface area contributed by atoms with E-state index in [-0.39, 0.29) is 5.43 Å². The molecule has 2 aliphatic heterocycles. The Balaban J connectivity index is 2.22. The van der Waals surface area contributed by atoms with Gasteiger partial charge >= 0.3 is 0 Å². The highest BCUT2D eigenvalue weighted by Crippen LogP contribution is 2.40. The fraction of sp³-hybridized carbons (Fsp3) is 0.583. The third kappa shape index (κ3) is 1.19. The van der Waals surface area contributed by atoms with Crippen LogP contribution in [0.4, 0.5) is 0 Å². The molecule has 0 N–H and O–H groups in total. The number of rotatable bonds is 0. The number of likely N-dealkylation sites (N-methyl/N-ethyl adjacent to an activating group) is 1. The number of aryl methyl sites for hydroxylation is 1. The minimum atomic E-state index is 0.158. The normalized spacial score (nSPS) is 29.2. The van der Waals surface area contributed by atoms with Gasteiger partial charge in [0.15, 0.2) is 5.43 Å². The molecule has 0 saturated carbocycles. The van der Waals surface area contributed by atoms with Crippen molar-refractivity contribution in [3.8, 4) is 0 Å². The second kappa shape index (κ2) is 2.95. The summed E-state index contributed by atoms with van der Waals surface area (Å²) in [4.78, 5) is 14.3. The lowest BCUT2D eigenvalue weighted by Crippen LogP contribution is -2.37. The Labute approximate surface area is 88.7 Å². The Bertz CT molecular complexity index is 463. The van der Waals surface area contributed by atoms with Crippen LogP contribution in [0.1, 0.15) is 36.0 Å². The predicted octanol–water partition coefficient (Wildman–Crippen LogP) is 1.64. The number of nitrogens with zero attached hydrogens (tertiary/aromatic N) is 1. The van der Waals surface area contributed by atoms with Crippen LogP contribution in [0.2, 0.25) is 0 Å². The molecular weight excluding hydrogens is 190 g/mol. The van der Waals surface area contributed by atoms with Crippen LogP contribution in [-0.4, -0.2) is 18.0 Å². The topological polar surface area (TPSA) is 33.5 Å². The molecule has 80 valence electrons.